The van der Waals surface area contributed by atoms with E-state index in [-0.39, 0.29) is 0 Å². The molecule has 0 saturated carbocycles. The highest BCUT2D eigenvalue weighted by Gasteiger charge is 2.02. The van der Waals surface area contributed by atoms with Crippen LogP contribution in [0.25, 0.3) is 0 Å². The summed E-state index contributed by atoms with van der Waals surface area (Å²) in [6, 6.07) is 4.44. The summed E-state index contributed by atoms with van der Waals surface area (Å²) in [6.07, 6.45) is 21.8. The fraction of sp³-hybridized carbons (Fsp3) is 0.762. The van der Waals surface area contributed by atoms with Gasteiger partial charge in [0.2, 0.25) is 0 Å². The summed E-state index contributed by atoms with van der Waals surface area (Å²) in [5.74, 6) is 0. The van der Waals surface area contributed by atoms with Crippen molar-refractivity contribution < 1.29 is 17.5 Å². The Labute approximate surface area is 161 Å². The Morgan fingerprint density at radius 3 is 1.88 bits per heavy atom. The Kier molecular flexibility index (Phi) is 15.7. The number of pyridine rings is 1. The Morgan fingerprint density at radius 1 is 0.885 bits per heavy atom. The zero-order valence-corrected chi connectivity index (χ0v) is 17.9. The highest BCUT2D eigenvalue weighted by atomic mass is 32.2. The number of unbranched alkanes of at least 4 members (excludes halogenated alkanes) is 9. The molecule has 0 saturated heterocycles. The summed E-state index contributed by atoms with van der Waals surface area (Å²) in [4.78, 5) is 0. The second kappa shape index (κ2) is 16.2. The monoisotopic (exact) mass is 385 g/mol. The van der Waals surface area contributed by atoms with E-state index in [1.54, 1.807) is 0 Å². The molecule has 1 aromatic rings. The van der Waals surface area contributed by atoms with Crippen LogP contribution in [0, 0.1) is 0 Å². The third-order valence-corrected chi connectivity index (χ3v) is 4.23. The predicted molar refractivity (Wildman–Crippen MR) is 108 cm³/mol. The van der Waals surface area contributed by atoms with Crippen LogP contribution >= 0.6 is 0 Å². The zero-order valence-electron chi connectivity index (χ0n) is 17.1. The molecule has 4 nitrogen and oxygen atoms in total. The predicted octanol–water partition coefficient (Wildman–Crippen LogP) is 5.01. The molecule has 1 heterocycles. The summed E-state index contributed by atoms with van der Waals surface area (Å²) < 4.78 is 29.6. The largest absolute Gasteiger partial charge is 0.748 e. The van der Waals surface area contributed by atoms with Crippen molar-refractivity contribution in [3.63, 3.8) is 0 Å². The molecule has 0 bridgehead atoms. The summed E-state index contributed by atoms with van der Waals surface area (Å²) in [6.45, 7) is 5.73. The van der Waals surface area contributed by atoms with Gasteiger partial charge in [0.15, 0.2) is 12.4 Å². The summed E-state index contributed by atoms with van der Waals surface area (Å²) >= 11 is 0. The lowest BCUT2D eigenvalue weighted by molar-refractivity contribution is -0.697. The van der Waals surface area contributed by atoms with Crippen LogP contribution in [0.2, 0.25) is 0 Å². The second-order valence-corrected chi connectivity index (χ2v) is 8.49. The minimum Gasteiger partial charge on any atom is -0.748 e. The Hall–Kier alpha value is -0.940. The van der Waals surface area contributed by atoms with Crippen LogP contribution in [0.4, 0.5) is 0 Å². The van der Waals surface area contributed by atoms with Crippen LogP contribution in [-0.4, -0.2) is 19.2 Å². The van der Waals surface area contributed by atoms with Gasteiger partial charge in [0.1, 0.15) is 6.54 Å². The normalized spacial score (nSPS) is 11.1. The van der Waals surface area contributed by atoms with E-state index in [1.165, 1.54) is 89.2 Å². The first-order chi connectivity index (χ1) is 12.4. The van der Waals surface area contributed by atoms with Crippen molar-refractivity contribution in [2.24, 2.45) is 0 Å². The molecule has 0 N–H and O–H groups in total. The molecule has 0 aromatic carbocycles. The molecule has 26 heavy (non-hydrogen) atoms. The van der Waals surface area contributed by atoms with Gasteiger partial charge in [-0.1, -0.05) is 71.6 Å². The van der Waals surface area contributed by atoms with Gasteiger partial charge in [0, 0.05) is 24.3 Å². The molecule has 0 fully saturated rings. The second-order valence-electron chi connectivity index (χ2n) is 7.09. The smallest absolute Gasteiger partial charge is 0.171 e. The van der Waals surface area contributed by atoms with E-state index < -0.39 is 10.1 Å². The van der Waals surface area contributed by atoms with Crippen LogP contribution in [0.5, 0.6) is 0 Å². The molecule has 152 valence electrons. The minimum atomic E-state index is -3.92. The van der Waals surface area contributed by atoms with Crippen LogP contribution in [0.15, 0.2) is 24.5 Å². The van der Waals surface area contributed by atoms with E-state index in [9.17, 15) is 0 Å². The molecular weight excluding hydrogens is 346 g/mol. The van der Waals surface area contributed by atoms with E-state index in [4.69, 9.17) is 13.0 Å². The number of aromatic nitrogens is 1. The number of aryl methyl sites for hydroxylation is 2. The molecule has 0 radical (unpaired) electrons. The first-order valence-electron chi connectivity index (χ1n) is 10.3. The van der Waals surface area contributed by atoms with Crippen molar-refractivity contribution in [2.45, 2.75) is 97.4 Å². The third-order valence-electron chi connectivity index (χ3n) is 4.23. The Morgan fingerprint density at radius 2 is 1.38 bits per heavy atom. The highest BCUT2D eigenvalue weighted by Crippen LogP contribution is 2.10. The van der Waals surface area contributed by atoms with Crippen molar-refractivity contribution in [2.75, 3.05) is 6.26 Å². The fourth-order valence-corrected chi connectivity index (χ4v) is 2.93. The lowest BCUT2D eigenvalue weighted by Crippen LogP contribution is -2.33. The molecule has 1 rings (SSSR count). The standard InChI is InChI=1S/C20H36N.CH4O3S/c1-3-5-6-7-8-9-10-11-12-13-17-21-18-14-16-20(19-21)15-4-2;1-5(2,3)4/h14,16,18-19H,3-13,15,17H2,1-2H3;1H3,(H,2,3,4)/q+1;/p-1. The number of hydrogen-bond acceptors (Lipinski definition) is 3. The van der Waals surface area contributed by atoms with Crippen molar-refractivity contribution >= 4 is 10.1 Å². The van der Waals surface area contributed by atoms with Crippen LogP contribution in [0.1, 0.15) is 90.0 Å². The molecular formula is C21H39NO3S. The van der Waals surface area contributed by atoms with Gasteiger partial charge in [0.05, 0.1) is 10.1 Å². The molecule has 0 aliphatic rings. The molecule has 5 heteroatoms. The van der Waals surface area contributed by atoms with Crippen LogP contribution < -0.4 is 4.57 Å². The van der Waals surface area contributed by atoms with Gasteiger partial charge in [-0.05, 0) is 18.9 Å². The lowest BCUT2D eigenvalue weighted by atomic mass is 10.1. The quantitative estimate of drug-likeness (QED) is 0.272. The van der Waals surface area contributed by atoms with E-state index in [2.05, 4.69) is 42.9 Å². The molecule has 0 atom stereocenters. The molecule has 0 amide bonds. The van der Waals surface area contributed by atoms with E-state index in [0.29, 0.717) is 6.26 Å². The van der Waals surface area contributed by atoms with Crippen molar-refractivity contribution in [3.05, 3.63) is 30.1 Å². The van der Waals surface area contributed by atoms with Crippen molar-refractivity contribution in [1.82, 2.24) is 0 Å². The van der Waals surface area contributed by atoms with Gasteiger partial charge in [0.25, 0.3) is 0 Å². The number of nitrogens with zero attached hydrogens (tertiary/aromatic N) is 1. The Bertz CT molecular complexity index is 536. The molecule has 0 spiro atoms. The van der Waals surface area contributed by atoms with Gasteiger partial charge in [-0.15, -0.1) is 0 Å². The topological polar surface area (TPSA) is 61.1 Å². The van der Waals surface area contributed by atoms with Gasteiger partial charge in [-0.25, -0.2) is 13.0 Å². The van der Waals surface area contributed by atoms with Crippen LogP contribution in [-0.2, 0) is 23.1 Å². The highest BCUT2D eigenvalue weighted by molar-refractivity contribution is 7.84. The number of hydrogen-bond donors (Lipinski definition) is 0. The average molecular weight is 386 g/mol. The molecule has 0 aliphatic carbocycles. The van der Waals surface area contributed by atoms with Gasteiger partial charge >= 0.3 is 0 Å². The summed E-state index contributed by atoms with van der Waals surface area (Å²) in [5.41, 5.74) is 1.48. The van der Waals surface area contributed by atoms with Crippen LogP contribution in [0.3, 0.4) is 0 Å². The maximum atomic E-state index is 9.08. The molecule has 0 unspecified atom stereocenters. The third kappa shape index (κ3) is 19.4. The SMILES string of the molecule is CCCCCCCCCCCC[n+]1cccc(CCC)c1.CS(=O)(=O)[O-]. The van der Waals surface area contributed by atoms with Gasteiger partial charge < -0.3 is 4.55 Å². The Balaban J connectivity index is 0.00000110. The molecule has 1 aromatic heterocycles. The van der Waals surface area contributed by atoms with Gasteiger partial charge in [-0.2, -0.15) is 0 Å². The first-order valence-corrected chi connectivity index (χ1v) is 12.1. The zero-order chi connectivity index (χ0) is 19.7. The first kappa shape index (κ1) is 25.1. The van der Waals surface area contributed by atoms with Gasteiger partial charge in [-0.3, -0.25) is 0 Å². The minimum absolute atomic E-state index is 0.604. The van der Waals surface area contributed by atoms with Crippen molar-refractivity contribution in [3.8, 4) is 0 Å². The summed E-state index contributed by atoms with van der Waals surface area (Å²) in [7, 11) is -3.92. The van der Waals surface area contributed by atoms with E-state index in [0.717, 1.165) is 0 Å². The molecule has 0 aliphatic heterocycles. The lowest BCUT2D eigenvalue weighted by Gasteiger charge is -2.02. The fourth-order valence-electron chi connectivity index (χ4n) is 2.93. The summed E-state index contributed by atoms with van der Waals surface area (Å²) in [5, 5.41) is 0. The van der Waals surface area contributed by atoms with E-state index >= 15 is 0 Å². The number of rotatable bonds is 13. The average Bonchev–Trinajstić information content (AvgIpc) is 2.56. The van der Waals surface area contributed by atoms with E-state index in [1.807, 2.05) is 0 Å². The maximum absolute atomic E-state index is 9.08. The van der Waals surface area contributed by atoms with Crippen molar-refractivity contribution in [1.29, 1.82) is 0 Å². The maximum Gasteiger partial charge on any atom is 0.171 e.